The van der Waals surface area contributed by atoms with Crippen LogP contribution in [0.3, 0.4) is 0 Å². The van der Waals surface area contributed by atoms with Crippen LogP contribution in [0.1, 0.15) is 26.3 Å². The molecular formula is C24H28BrN3O4. The van der Waals surface area contributed by atoms with Crippen LogP contribution in [0.5, 0.6) is 17.2 Å². The minimum absolute atomic E-state index is 0.0665. The Bertz CT molecular complexity index is 1020. The van der Waals surface area contributed by atoms with Crippen molar-refractivity contribution >= 4 is 27.5 Å². The molecule has 1 N–H and O–H groups in total. The number of benzene rings is 2. The van der Waals surface area contributed by atoms with Crippen molar-refractivity contribution in [2.75, 3.05) is 18.5 Å². The molecule has 3 rings (SSSR count). The lowest BCUT2D eigenvalue weighted by Gasteiger charge is -2.14. The summed E-state index contributed by atoms with van der Waals surface area (Å²) in [5.41, 5.74) is 1.70. The van der Waals surface area contributed by atoms with E-state index in [4.69, 9.17) is 14.2 Å². The Hall–Kier alpha value is -3.00. The van der Waals surface area contributed by atoms with Gasteiger partial charge in [0.25, 0.3) is 0 Å². The second kappa shape index (κ2) is 11.6. The highest BCUT2D eigenvalue weighted by molar-refractivity contribution is 9.10. The van der Waals surface area contributed by atoms with Crippen molar-refractivity contribution in [3.05, 3.63) is 64.9 Å². The average molecular weight is 502 g/mol. The van der Waals surface area contributed by atoms with E-state index in [2.05, 4.69) is 26.3 Å². The minimum Gasteiger partial charge on any atom is -0.490 e. The van der Waals surface area contributed by atoms with Gasteiger partial charge in [-0.2, -0.15) is 5.10 Å². The van der Waals surface area contributed by atoms with Gasteiger partial charge in [0.05, 0.1) is 36.3 Å². The number of carbonyl (C=O) groups is 1. The first-order chi connectivity index (χ1) is 15.5. The minimum atomic E-state index is -0.225. The van der Waals surface area contributed by atoms with Gasteiger partial charge in [-0.1, -0.05) is 13.0 Å². The summed E-state index contributed by atoms with van der Waals surface area (Å²) < 4.78 is 19.8. The first-order valence-corrected chi connectivity index (χ1v) is 11.4. The first-order valence-electron chi connectivity index (χ1n) is 10.6. The molecule has 2 aromatic carbocycles. The molecule has 0 spiro atoms. The van der Waals surface area contributed by atoms with Crippen LogP contribution in [-0.2, 0) is 17.9 Å². The van der Waals surface area contributed by atoms with Gasteiger partial charge in [-0.05, 0) is 71.7 Å². The van der Waals surface area contributed by atoms with Crippen molar-refractivity contribution in [3.8, 4) is 17.2 Å². The van der Waals surface area contributed by atoms with Crippen LogP contribution >= 0.6 is 15.9 Å². The number of hydrogen-bond acceptors (Lipinski definition) is 5. The maximum atomic E-state index is 12.5. The molecule has 0 aliphatic rings. The van der Waals surface area contributed by atoms with Crippen LogP contribution in [0, 0.1) is 5.92 Å². The summed E-state index contributed by atoms with van der Waals surface area (Å²) in [6.45, 7) is 7.80. The highest BCUT2D eigenvalue weighted by atomic mass is 79.9. The lowest BCUT2D eigenvalue weighted by atomic mass is 10.1. The molecule has 8 heteroatoms. The highest BCUT2D eigenvalue weighted by Gasteiger charge is 2.14. The molecule has 0 bridgehead atoms. The van der Waals surface area contributed by atoms with Crippen molar-refractivity contribution in [2.45, 2.75) is 33.9 Å². The number of carbonyl (C=O) groups excluding carboxylic acids is 1. The molecule has 7 nitrogen and oxygen atoms in total. The molecule has 1 amide bonds. The maximum absolute atomic E-state index is 12.5. The Morgan fingerprint density at radius 3 is 2.44 bits per heavy atom. The average Bonchev–Trinajstić information content (AvgIpc) is 3.19. The lowest BCUT2D eigenvalue weighted by Crippen LogP contribution is -2.24. The zero-order valence-corrected chi connectivity index (χ0v) is 20.1. The van der Waals surface area contributed by atoms with Gasteiger partial charge in [0.2, 0.25) is 5.91 Å². The summed E-state index contributed by atoms with van der Waals surface area (Å²) in [4.78, 5) is 12.5. The zero-order chi connectivity index (χ0) is 22.9. The standard InChI is InChI=1S/C24H28BrN3O4/c1-4-30-22-11-6-18(12-23(22)31-5-2)16-32-21-9-7-20(8-10-21)27-24(29)17(3)14-28-15-19(25)13-26-28/h6-13,15,17H,4-5,14,16H2,1-3H3,(H,27,29). The van der Waals surface area contributed by atoms with Crippen molar-refractivity contribution in [2.24, 2.45) is 5.92 Å². The molecule has 0 radical (unpaired) electrons. The Morgan fingerprint density at radius 2 is 1.78 bits per heavy atom. The fraction of sp³-hybridized carbons (Fsp3) is 0.333. The van der Waals surface area contributed by atoms with Crippen molar-refractivity contribution in [1.82, 2.24) is 9.78 Å². The Kier molecular flexibility index (Phi) is 8.56. The van der Waals surface area contributed by atoms with Crippen molar-refractivity contribution in [3.63, 3.8) is 0 Å². The number of rotatable bonds is 11. The van der Waals surface area contributed by atoms with E-state index in [0.29, 0.717) is 37.9 Å². The molecule has 0 saturated carbocycles. The smallest absolute Gasteiger partial charge is 0.229 e. The molecule has 0 aliphatic carbocycles. The molecule has 0 saturated heterocycles. The summed E-state index contributed by atoms with van der Waals surface area (Å²) in [6.07, 6.45) is 3.55. The molecule has 170 valence electrons. The summed E-state index contributed by atoms with van der Waals surface area (Å²) in [5.74, 6) is 1.86. The third-order valence-electron chi connectivity index (χ3n) is 4.65. The van der Waals surface area contributed by atoms with Gasteiger partial charge in [-0.3, -0.25) is 9.48 Å². The molecule has 1 heterocycles. The lowest BCUT2D eigenvalue weighted by molar-refractivity contribution is -0.119. The normalized spacial score (nSPS) is 11.6. The van der Waals surface area contributed by atoms with Crippen LogP contribution in [0.25, 0.3) is 0 Å². The maximum Gasteiger partial charge on any atom is 0.229 e. The van der Waals surface area contributed by atoms with E-state index in [1.165, 1.54) is 0 Å². The molecule has 1 unspecified atom stereocenters. The molecule has 3 aromatic rings. The number of anilines is 1. The summed E-state index contributed by atoms with van der Waals surface area (Å²) in [7, 11) is 0. The van der Waals surface area contributed by atoms with Gasteiger partial charge in [0.1, 0.15) is 12.4 Å². The number of nitrogens with zero attached hydrogens (tertiary/aromatic N) is 2. The number of aromatic nitrogens is 2. The van der Waals surface area contributed by atoms with E-state index in [9.17, 15) is 4.79 Å². The summed E-state index contributed by atoms with van der Waals surface area (Å²) >= 11 is 3.36. The number of ether oxygens (including phenoxy) is 3. The van der Waals surface area contributed by atoms with Gasteiger partial charge in [-0.15, -0.1) is 0 Å². The molecular weight excluding hydrogens is 474 g/mol. The van der Waals surface area contributed by atoms with E-state index < -0.39 is 0 Å². The third-order valence-corrected chi connectivity index (χ3v) is 5.05. The predicted octanol–water partition coefficient (Wildman–Crippen LogP) is 5.30. The van der Waals surface area contributed by atoms with E-state index in [-0.39, 0.29) is 11.8 Å². The van der Waals surface area contributed by atoms with Crippen LogP contribution in [0.4, 0.5) is 5.69 Å². The van der Waals surface area contributed by atoms with Crippen molar-refractivity contribution in [1.29, 1.82) is 0 Å². The fourth-order valence-corrected chi connectivity index (χ4v) is 3.38. The van der Waals surface area contributed by atoms with Crippen LogP contribution < -0.4 is 19.5 Å². The number of hydrogen-bond donors (Lipinski definition) is 1. The van der Waals surface area contributed by atoms with Crippen molar-refractivity contribution < 1.29 is 19.0 Å². The van der Waals surface area contributed by atoms with Crippen LogP contribution in [-0.4, -0.2) is 28.9 Å². The van der Waals surface area contributed by atoms with Gasteiger partial charge in [0.15, 0.2) is 11.5 Å². The number of nitrogens with one attached hydrogen (secondary N) is 1. The Labute approximate surface area is 196 Å². The second-order valence-corrected chi connectivity index (χ2v) is 8.15. The van der Waals surface area contributed by atoms with E-state index >= 15 is 0 Å². The van der Waals surface area contributed by atoms with Crippen LogP contribution in [0.2, 0.25) is 0 Å². The molecule has 0 aliphatic heterocycles. The topological polar surface area (TPSA) is 74.6 Å². The zero-order valence-electron chi connectivity index (χ0n) is 18.5. The molecule has 1 aromatic heterocycles. The van der Waals surface area contributed by atoms with Crippen LogP contribution in [0.15, 0.2) is 59.3 Å². The van der Waals surface area contributed by atoms with Gasteiger partial charge in [-0.25, -0.2) is 0 Å². The SMILES string of the molecule is CCOc1ccc(COc2ccc(NC(=O)C(C)Cn3cc(Br)cn3)cc2)cc1OCC. The quantitative estimate of drug-likeness (QED) is 0.386. The van der Waals surface area contributed by atoms with Gasteiger partial charge >= 0.3 is 0 Å². The van der Waals surface area contributed by atoms with E-state index in [0.717, 1.165) is 21.5 Å². The molecule has 0 fully saturated rings. The monoisotopic (exact) mass is 501 g/mol. The summed E-state index contributed by atoms with van der Waals surface area (Å²) in [5, 5.41) is 7.12. The second-order valence-electron chi connectivity index (χ2n) is 7.23. The van der Waals surface area contributed by atoms with Gasteiger partial charge in [0, 0.05) is 11.9 Å². The largest absolute Gasteiger partial charge is 0.490 e. The number of halogens is 1. The summed E-state index contributed by atoms with van der Waals surface area (Å²) in [6, 6.07) is 13.1. The van der Waals surface area contributed by atoms with E-state index in [1.807, 2.05) is 69.4 Å². The highest BCUT2D eigenvalue weighted by Crippen LogP contribution is 2.29. The molecule has 1 atom stereocenters. The Balaban J connectivity index is 1.53. The fourth-order valence-electron chi connectivity index (χ4n) is 3.05. The Morgan fingerprint density at radius 1 is 1.06 bits per heavy atom. The number of amides is 1. The van der Waals surface area contributed by atoms with E-state index in [1.54, 1.807) is 10.9 Å². The predicted molar refractivity (Wildman–Crippen MR) is 127 cm³/mol. The third kappa shape index (κ3) is 6.75. The molecule has 32 heavy (non-hydrogen) atoms. The van der Waals surface area contributed by atoms with Gasteiger partial charge < -0.3 is 19.5 Å². The first kappa shape index (κ1) is 23.7.